The Kier molecular flexibility index (Phi) is 10.1. The second-order valence-corrected chi connectivity index (χ2v) is 9.29. The van der Waals surface area contributed by atoms with Gasteiger partial charge >= 0.3 is 5.97 Å². The van der Waals surface area contributed by atoms with Gasteiger partial charge in [-0.15, -0.1) is 0 Å². The highest BCUT2D eigenvalue weighted by molar-refractivity contribution is 14.1. The van der Waals surface area contributed by atoms with Crippen LogP contribution in [0.15, 0.2) is 52.8 Å². The van der Waals surface area contributed by atoms with Crippen LogP contribution in [0.25, 0.3) is 0 Å². The molecular formula is C25H27IN4O6S. The van der Waals surface area contributed by atoms with E-state index in [1.807, 2.05) is 12.1 Å². The normalized spacial score (nSPS) is 15.1. The molecule has 1 amide bonds. The number of halogens is 1. The third kappa shape index (κ3) is 7.10. The summed E-state index contributed by atoms with van der Waals surface area (Å²) in [6, 6.07) is 10.1. The number of methoxy groups -OCH3 is 2. The maximum absolute atomic E-state index is 12.7. The average molecular weight is 638 g/mol. The van der Waals surface area contributed by atoms with E-state index in [1.165, 1.54) is 13.3 Å². The standard InChI is InChI=1S/C25H27IN4O6S/c1-5-35-24(32)21-14(2)28-25(37)29-22(21)17-8-6-7-9-18(17)36-13-20(31)30-27-12-15-10-16(26)11-19(33-3)23(15)34-4/h6-12,22H,5,13H2,1-4H3,(H,30,31)(H2,28,29,37)/t22-/m1/s1. The summed E-state index contributed by atoms with van der Waals surface area (Å²) < 4.78 is 22.7. The number of hydrogen-bond donors (Lipinski definition) is 3. The third-order valence-electron chi connectivity index (χ3n) is 5.22. The van der Waals surface area contributed by atoms with E-state index in [0.29, 0.717) is 44.8 Å². The highest BCUT2D eigenvalue weighted by Gasteiger charge is 2.32. The van der Waals surface area contributed by atoms with Gasteiger partial charge in [-0.25, -0.2) is 10.2 Å². The van der Waals surface area contributed by atoms with Gasteiger partial charge in [-0.1, -0.05) is 18.2 Å². The van der Waals surface area contributed by atoms with Crippen molar-refractivity contribution in [3.63, 3.8) is 0 Å². The van der Waals surface area contributed by atoms with Crippen molar-refractivity contribution in [2.45, 2.75) is 19.9 Å². The first kappa shape index (κ1) is 28.2. The number of allylic oxidation sites excluding steroid dienone is 1. The second-order valence-electron chi connectivity index (χ2n) is 7.64. The van der Waals surface area contributed by atoms with E-state index < -0.39 is 17.9 Å². The van der Waals surface area contributed by atoms with Crippen LogP contribution in [0.4, 0.5) is 0 Å². The van der Waals surface area contributed by atoms with Gasteiger partial charge in [0.15, 0.2) is 23.2 Å². The van der Waals surface area contributed by atoms with E-state index in [0.717, 1.165) is 3.57 Å². The number of ether oxygens (including phenoxy) is 4. The number of benzene rings is 2. The number of thiocarbonyl (C=S) groups is 1. The molecule has 0 spiro atoms. The van der Waals surface area contributed by atoms with Crippen molar-refractivity contribution in [1.82, 2.24) is 16.1 Å². The zero-order valence-electron chi connectivity index (χ0n) is 20.7. The van der Waals surface area contributed by atoms with E-state index in [-0.39, 0.29) is 13.2 Å². The number of hydrogen-bond acceptors (Lipinski definition) is 8. The first-order valence-corrected chi connectivity index (χ1v) is 12.7. The summed E-state index contributed by atoms with van der Waals surface area (Å²) in [6.07, 6.45) is 1.47. The van der Waals surface area contributed by atoms with Crippen molar-refractivity contribution in [3.8, 4) is 17.2 Å². The molecule has 0 bridgehead atoms. The summed E-state index contributed by atoms with van der Waals surface area (Å²) in [6.45, 7) is 3.40. The van der Waals surface area contributed by atoms with Gasteiger partial charge in [0.05, 0.1) is 38.7 Å². The Morgan fingerprint density at radius 1 is 1.19 bits per heavy atom. The summed E-state index contributed by atoms with van der Waals surface area (Å²) in [4.78, 5) is 25.1. The Balaban J connectivity index is 1.73. The monoisotopic (exact) mass is 638 g/mol. The number of amides is 1. The van der Waals surface area contributed by atoms with Crippen LogP contribution in [0.1, 0.15) is 31.0 Å². The summed E-state index contributed by atoms with van der Waals surface area (Å²) in [5.41, 5.74) is 4.66. The highest BCUT2D eigenvalue weighted by Crippen LogP contribution is 2.34. The maximum Gasteiger partial charge on any atom is 0.338 e. The van der Waals surface area contributed by atoms with Crippen LogP contribution < -0.4 is 30.3 Å². The quantitative estimate of drug-likeness (QED) is 0.119. The minimum Gasteiger partial charge on any atom is -0.493 e. The zero-order chi connectivity index (χ0) is 26.9. The molecule has 0 saturated heterocycles. The molecule has 0 fully saturated rings. The zero-order valence-corrected chi connectivity index (χ0v) is 23.7. The second kappa shape index (κ2) is 13.2. The predicted molar refractivity (Wildman–Crippen MR) is 151 cm³/mol. The first-order valence-electron chi connectivity index (χ1n) is 11.2. The number of rotatable bonds is 10. The van der Waals surface area contributed by atoms with Gasteiger partial charge in [0, 0.05) is 20.4 Å². The Morgan fingerprint density at radius 2 is 1.95 bits per heavy atom. The number of carbonyl (C=O) groups is 2. The number of hydrazone groups is 1. The molecule has 0 saturated carbocycles. The molecule has 2 aromatic rings. The first-order chi connectivity index (χ1) is 17.8. The third-order valence-corrected chi connectivity index (χ3v) is 6.06. The molecular weight excluding hydrogens is 611 g/mol. The number of esters is 1. The molecule has 37 heavy (non-hydrogen) atoms. The highest BCUT2D eigenvalue weighted by atomic mass is 127. The van der Waals surface area contributed by atoms with Crippen molar-refractivity contribution in [2.24, 2.45) is 5.10 Å². The summed E-state index contributed by atoms with van der Waals surface area (Å²) in [5.74, 6) is 0.507. The fraction of sp³-hybridized carbons (Fsp3) is 0.280. The lowest BCUT2D eigenvalue weighted by Gasteiger charge is -2.30. The van der Waals surface area contributed by atoms with Crippen LogP contribution in [0.2, 0.25) is 0 Å². The average Bonchev–Trinajstić information content (AvgIpc) is 2.86. The minimum atomic E-state index is -0.618. The molecule has 10 nitrogen and oxygen atoms in total. The van der Waals surface area contributed by atoms with E-state index in [2.05, 4.69) is 43.8 Å². The molecule has 1 aliphatic rings. The number of nitrogens with zero attached hydrogens (tertiary/aromatic N) is 1. The van der Waals surface area contributed by atoms with Crippen LogP contribution in [0, 0.1) is 3.57 Å². The van der Waals surface area contributed by atoms with Crippen LogP contribution in [-0.4, -0.2) is 50.6 Å². The van der Waals surface area contributed by atoms with Gasteiger partial charge in [0.2, 0.25) is 0 Å². The van der Waals surface area contributed by atoms with Crippen molar-refractivity contribution in [3.05, 3.63) is 62.4 Å². The molecule has 1 aliphatic heterocycles. The molecule has 3 N–H and O–H groups in total. The number of para-hydroxylation sites is 1. The Morgan fingerprint density at radius 3 is 2.65 bits per heavy atom. The molecule has 12 heteroatoms. The molecule has 0 aliphatic carbocycles. The Bertz CT molecular complexity index is 1250. The molecule has 0 aromatic heterocycles. The Labute approximate surface area is 233 Å². The van der Waals surface area contributed by atoms with Crippen molar-refractivity contribution in [1.29, 1.82) is 0 Å². The van der Waals surface area contributed by atoms with Crippen molar-refractivity contribution < 1.29 is 28.5 Å². The van der Waals surface area contributed by atoms with E-state index in [4.69, 9.17) is 31.2 Å². The lowest BCUT2D eigenvalue weighted by molar-refractivity contribution is -0.139. The lowest BCUT2D eigenvalue weighted by atomic mass is 9.95. The molecule has 2 aromatic carbocycles. The minimum absolute atomic E-state index is 0.229. The van der Waals surface area contributed by atoms with E-state index in [9.17, 15) is 9.59 Å². The predicted octanol–water partition coefficient (Wildman–Crippen LogP) is 3.19. The molecule has 0 radical (unpaired) electrons. The topological polar surface area (TPSA) is 120 Å². The molecule has 0 unspecified atom stereocenters. The largest absolute Gasteiger partial charge is 0.493 e. The van der Waals surface area contributed by atoms with Gasteiger partial charge in [0.1, 0.15) is 5.75 Å². The van der Waals surface area contributed by atoms with Crippen LogP contribution in [0.3, 0.4) is 0 Å². The van der Waals surface area contributed by atoms with E-state index in [1.54, 1.807) is 45.2 Å². The molecule has 1 atom stereocenters. The van der Waals surface area contributed by atoms with Gasteiger partial charge < -0.3 is 29.6 Å². The maximum atomic E-state index is 12.7. The summed E-state index contributed by atoms with van der Waals surface area (Å²) in [5, 5.41) is 10.4. The van der Waals surface area contributed by atoms with Gasteiger partial charge in [0.25, 0.3) is 5.91 Å². The van der Waals surface area contributed by atoms with Gasteiger partial charge in [-0.05, 0) is 66.9 Å². The fourth-order valence-electron chi connectivity index (χ4n) is 3.66. The lowest BCUT2D eigenvalue weighted by Crippen LogP contribution is -2.45. The van der Waals surface area contributed by atoms with Crippen LogP contribution in [0.5, 0.6) is 17.2 Å². The number of carbonyl (C=O) groups excluding carboxylic acids is 2. The smallest absolute Gasteiger partial charge is 0.338 e. The fourth-order valence-corrected chi connectivity index (χ4v) is 4.55. The van der Waals surface area contributed by atoms with Crippen molar-refractivity contribution >= 4 is 58.0 Å². The van der Waals surface area contributed by atoms with Crippen LogP contribution >= 0.6 is 34.8 Å². The molecule has 196 valence electrons. The Hall–Kier alpha value is -3.39. The molecule has 3 rings (SSSR count). The number of nitrogens with one attached hydrogen (secondary N) is 3. The van der Waals surface area contributed by atoms with Gasteiger partial charge in [-0.3, -0.25) is 4.79 Å². The summed E-state index contributed by atoms with van der Waals surface area (Å²) >= 11 is 7.45. The van der Waals surface area contributed by atoms with Gasteiger partial charge in [-0.2, -0.15) is 5.10 Å². The van der Waals surface area contributed by atoms with Crippen LogP contribution in [-0.2, 0) is 14.3 Å². The van der Waals surface area contributed by atoms with Crippen molar-refractivity contribution in [2.75, 3.05) is 27.4 Å². The van der Waals surface area contributed by atoms with E-state index >= 15 is 0 Å². The molecule has 1 heterocycles. The summed E-state index contributed by atoms with van der Waals surface area (Å²) in [7, 11) is 3.07. The SMILES string of the molecule is CCOC(=O)C1=C(C)NC(=S)N[C@@H]1c1ccccc1OCC(=O)NN=Cc1cc(I)cc(OC)c1OC.